The summed E-state index contributed by atoms with van der Waals surface area (Å²) >= 11 is 0. The molecule has 3 heteroatoms. The first-order chi connectivity index (χ1) is 8.27. The maximum Gasteiger partial charge on any atom is 0.0589 e. The zero-order chi connectivity index (χ0) is 12.3. The number of hydrogen-bond acceptors (Lipinski definition) is 3. The summed E-state index contributed by atoms with van der Waals surface area (Å²) in [7, 11) is 1.75. The number of hydrogen-bond donors (Lipinski definition) is 1. The largest absolute Gasteiger partial charge is 0.383 e. The first-order valence-corrected chi connectivity index (χ1v) is 6.35. The van der Waals surface area contributed by atoms with Crippen LogP contribution in [0.1, 0.15) is 36.6 Å². The molecule has 0 aromatic heterocycles. The van der Waals surface area contributed by atoms with Crippen molar-refractivity contribution in [3.8, 4) is 0 Å². The molecule has 0 bridgehead atoms. The number of methoxy groups -OCH3 is 1. The van der Waals surface area contributed by atoms with Gasteiger partial charge in [-0.05, 0) is 24.1 Å². The molecule has 1 aromatic rings. The van der Waals surface area contributed by atoms with E-state index in [1.54, 1.807) is 7.11 Å². The lowest BCUT2D eigenvalue weighted by atomic mass is 10.1. The number of nitrogens with zero attached hydrogens (tertiary/aromatic N) is 1. The average Bonchev–Trinajstić information content (AvgIpc) is 2.69. The second-order valence-electron chi connectivity index (χ2n) is 4.61. The molecule has 0 fully saturated rings. The van der Waals surface area contributed by atoms with E-state index in [1.165, 1.54) is 11.1 Å². The van der Waals surface area contributed by atoms with Crippen molar-refractivity contribution in [3.05, 3.63) is 35.4 Å². The highest BCUT2D eigenvalue weighted by atomic mass is 16.5. The maximum absolute atomic E-state index is 6.20. The van der Waals surface area contributed by atoms with Crippen LogP contribution in [0.15, 0.2) is 24.3 Å². The van der Waals surface area contributed by atoms with E-state index in [0.717, 1.165) is 26.1 Å². The van der Waals surface area contributed by atoms with Crippen LogP contribution >= 0.6 is 0 Å². The molecular formula is C14H22N2O. The normalized spacial score (nSPS) is 23.1. The topological polar surface area (TPSA) is 38.5 Å². The van der Waals surface area contributed by atoms with Gasteiger partial charge in [0.2, 0.25) is 0 Å². The first-order valence-electron chi connectivity index (χ1n) is 6.35. The van der Waals surface area contributed by atoms with Crippen molar-refractivity contribution in [2.24, 2.45) is 5.73 Å². The third kappa shape index (κ3) is 2.51. The van der Waals surface area contributed by atoms with E-state index in [1.807, 2.05) is 0 Å². The van der Waals surface area contributed by atoms with Crippen molar-refractivity contribution in [1.29, 1.82) is 0 Å². The van der Waals surface area contributed by atoms with Gasteiger partial charge in [0, 0.05) is 25.7 Å². The van der Waals surface area contributed by atoms with E-state index in [0.29, 0.717) is 6.04 Å². The molecule has 2 rings (SSSR count). The van der Waals surface area contributed by atoms with Gasteiger partial charge in [-0.15, -0.1) is 0 Å². The van der Waals surface area contributed by atoms with Crippen molar-refractivity contribution in [2.75, 3.05) is 26.8 Å². The molecule has 1 aromatic carbocycles. The lowest BCUT2D eigenvalue weighted by molar-refractivity contribution is 0.122. The number of likely N-dealkylation sites (N-methyl/N-ethyl adjacent to an activating group) is 1. The van der Waals surface area contributed by atoms with Gasteiger partial charge in [-0.3, -0.25) is 4.90 Å². The molecule has 0 saturated heterocycles. The molecule has 0 spiro atoms. The highest BCUT2D eigenvalue weighted by molar-refractivity contribution is 5.37. The summed E-state index contributed by atoms with van der Waals surface area (Å²) in [6, 6.07) is 9.20. The van der Waals surface area contributed by atoms with E-state index < -0.39 is 0 Å². The molecule has 0 aliphatic heterocycles. The first kappa shape index (κ1) is 12.6. The highest BCUT2D eigenvalue weighted by Gasteiger charge is 2.31. The van der Waals surface area contributed by atoms with Gasteiger partial charge in [0.1, 0.15) is 0 Å². The molecule has 1 aliphatic rings. The summed E-state index contributed by atoms with van der Waals surface area (Å²) < 4.78 is 5.18. The fourth-order valence-electron chi connectivity index (χ4n) is 2.74. The molecule has 0 amide bonds. The number of fused-ring (bicyclic) bond motifs is 1. The molecule has 3 nitrogen and oxygen atoms in total. The Hall–Kier alpha value is -0.900. The molecule has 2 N–H and O–H groups in total. The second-order valence-corrected chi connectivity index (χ2v) is 4.61. The van der Waals surface area contributed by atoms with Crippen LogP contribution in [0.25, 0.3) is 0 Å². The molecule has 2 unspecified atom stereocenters. The van der Waals surface area contributed by atoms with Gasteiger partial charge < -0.3 is 10.5 Å². The van der Waals surface area contributed by atoms with E-state index in [-0.39, 0.29) is 6.04 Å². The number of benzene rings is 1. The van der Waals surface area contributed by atoms with Crippen LogP contribution in [-0.2, 0) is 4.74 Å². The number of rotatable bonds is 5. The third-order valence-electron chi connectivity index (χ3n) is 3.66. The zero-order valence-corrected chi connectivity index (χ0v) is 10.7. The van der Waals surface area contributed by atoms with Crippen LogP contribution < -0.4 is 5.73 Å². The molecule has 0 saturated carbocycles. The van der Waals surface area contributed by atoms with Crippen LogP contribution in [0.4, 0.5) is 0 Å². The number of ether oxygens (including phenoxy) is 1. The molecule has 1 aliphatic carbocycles. The summed E-state index contributed by atoms with van der Waals surface area (Å²) in [6.45, 7) is 4.98. The third-order valence-corrected chi connectivity index (χ3v) is 3.66. The zero-order valence-electron chi connectivity index (χ0n) is 10.7. The van der Waals surface area contributed by atoms with Crippen LogP contribution in [0.2, 0.25) is 0 Å². The van der Waals surface area contributed by atoms with E-state index in [4.69, 9.17) is 10.5 Å². The van der Waals surface area contributed by atoms with Gasteiger partial charge in [0.25, 0.3) is 0 Å². The Morgan fingerprint density at radius 3 is 2.71 bits per heavy atom. The van der Waals surface area contributed by atoms with Crippen molar-refractivity contribution < 1.29 is 4.74 Å². The van der Waals surface area contributed by atoms with Gasteiger partial charge in [0.15, 0.2) is 0 Å². The quantitative estimate of drug-likeness (QED) is 0.848. The Morgan fingerprint density at radius 2 is 2.06 bits per heavy atom. The van der Waals surface area contributed by atoms with E-state index in [2.05, 4.69) is 36.1 Å². The molecule has 2 atom stereocenters. The van der Waals surface area contributed by atoms with Crippen molar-refractivity contribution in [3.63, 3.8) is 0 Å². The summed E-state index contributed by atoms with van der Waals surface area (Å²) in [4.78, 5) is 2.45. The van der Waals surface area contributed by atoms with Crippen molar-refractivity contribution in [2.45, 2.75) is 25.4 Å². The average molecular weight is 234 g/mol. The monoisotopic (exact) mass is 234 g/mol. The minimum atomic E-state index is 0.188. The highest BCUT2D eigenvalue weighted by Crippen LogP contribution is 2.40. The van der Waals surface area contributed by atoms with Crippen molar-refractivity contribution in [1.82, 2.24) is 4.90 Å². The van der Waals surface area contributed by atoms with Gasteiger partial charge in [-0.1, -0.05) is 31.2 Å². The van der Waals surface area contributed by atoms with Crippen molar-refractivity contribution >= 4 is 0 Å². The minimum absolute atomic E-state index is 0.188. The summed E-state index contributed by atoms with van der Waals surface area (Å²) in [5.41, 5.74) is 8.91. The standard InChI is InChI=1S/C14H22N2O/c1-3-16(8-9-17-2)14-10-13(15)11-6-4-5-7-12(11)14/h4-7,13-14H,3,8-10,15H2,1-2H3. The molecular weight excluding hydrogens is 212 g/mol. The van der Waals surface area contributed by atoms with Gasteiger partial charge in [-0.25, -0.2) is 0 Å². The summed E-state index contributed by atoms with van der Waals surface area (Å²) in [5.74, 6) is 0. The Morgan fingerprint density at radius 1 is 1.35 bits per heavy atom. The Labute approximate surface area is 104 Å². The van der Waals surface area contributed by atoms with Crippen LogP contribution in [0.5, 0.6) is 0 Å². The minimum Gasteiger partial charge on any atom is -0.383 e. The fourth-order valence-corrected chi connectivity index (χ4v) is 2.74. The van der Waals surface area contributed by atoms with Gasteiger partial charge in [-0.2, -0.15) is 0 Å². The fraction of sp³-hybridized carbons (Fsp3) is 0.571. The summed E-state index contributed by atoms with van der Waals surface area (Å²) in [6.07, 6.45) is 1.02. The smallest absolute Gasteiger partial charge is 0.0589 e. The predicted molar refractivity (Wildman–Crippen MR) is 69.9 cm³/mol. The Kier molecular flexibility index (Phi) is 4.15. The van der Waals surface area contributed by atoms with E-state index in [9.17, 15) is 0 Å². The lowest BCUT2D eigenvalue weighted by Gasteiger charge is -2.28. The molecule has 0 heterocycles. The van der Waals surface area contributed by atoms with Crippen LogP contribution in [-0.4, -0.2) is 31.7 Å². The number of nitrogens with two attached hydrogens (primary N) is 1. The van der Waals surface area contributed by atoms with Gasteiger partial charge >= 0.3 is 0 Å². The van der Waals surface area contributed by atoms with E-state index >= 15 is 0 Å². The summed E-state index contributed by atoms with van der Waals surface area (Å²) in [5, 5.41) is 0. The molecule has 94 valence electrons. The Balaban J connectivity index is 2.17. The predicted octanol–water partition coefficient (Wildman–Crippen LogP) is 2.10. The van der Waals surface area contributed by atoms with Gasteiger partial charge in [0.05, 0.1) is 6.61 Å². The van der Waals surface area contributed by atoms with Crippen LogP contribution in [0.3, 0.4) is 0 Å². The van der Waals surface area contributed by atoms with Crippen LogP contribution in [0, 0.1) is 0 Å². The SMILES string of the molecule is CCN(CCOC)C1CC(N)c2ccccc21. The maximum atomic E-state index is 6.20. The molecule has 0 radical (unpaired) electrons. The lowest BCUT2D eigenvalue weighted by Crippen LogP contribution is -2.31. The Bertz CT molecular complexity index is 367. The molecule has 17 heavy (non-hydrogen) atoms. The second kappa shape index (κ2) is 5.63.